The van der Waals surface area contributed by atoms with Crippen molar-refractivity contribution in [1.82, 2.24) is 18.8 Å². The Morgan fingerprint density at radius 2 is 1.93 bits per heavy atom. The molecule has 10 nitrogen and oxygen atoms in total. The minimum Gasteiger partial charge on any atom is -0.438 e. The number of anilines is 1. The van der Waals surface area contributed by atoms with Crippen LogP contribution in [0.25, 0.3) is 5.82 Å². The molecule has 1 N–H and O–H groups in total. The first-order valence-electron chi connectivity index (χ1n) is 8.90. The number of aryl methyl sites for hydroxylation is 1. The summed E-state index contributed by atoms with van der Waals surface area (Å²) in [4.78, 5) is 20.9. The molecule has 0 saturated carbocycles. The van der Waals surface area contributed by atoms with Crippen molar-refractivity contribution in [3.63, 3.8) is 0 Å². The third-order valence-electron chi connectivity index (χ3n) is 4.45. The van der Waals surface area contributed by atoms with Crippen molar-refractivity contribution in [3.8, 4) is 5.82 Å². The summed E-state index contributed by atoms with van der Waals surface area (Å²) in [6.45, 7) is 3.01. The summed E-state index contributed by atoms with van der Waals surface area (Å²) >= 11 is 0. The van der Waals surface area contributed by atoms with Gasteiger partial charge in [0.25, 0.3) is 15.9 Å². The molecule has 1 saturated heterocycles. The minimum atomic E-state index is -3.80. The second kappa shape index (κ2) is 7.78. The van der Waals surface area contributed by atoms with Crippen molar-refractivity contribution in [2.45, 2.75) is 12.0 Å². The summed E-state index contributed by atoms with van der Waals surface area (Å²) in [5.74, 6) is 0.780. The van der Waals surface area contributed by atoms with E-state index in [4.69, 9.17) is 9.15 Å². The van der Waals surface area contributed by atoms with Gasteiger partial charge in [-0.15, -0.1) is 0 Å². The van der Waals surface area contributed by atoms with Crippen LogP contribution in [0.3, 0.4) is 0 Å². The van der Waals surface area contributed by atoms with Gasteiger partial charge in [-0.05, 0) is 31.2 Å². The van der Waals surface area contributed by atoms with Gasteiger partial charge in [0, 0.05) is 25.5 Å². The Bertz CT molecular complexity index is 1110. The Morgan fingerprint density at radius 3 is 2.59 bits per heavy atom. The molecule has 4 heterocycles. The molecule has 152 valence electrons. The molecule has 3 aromatic heterocycles. The van der Waals surface area contributed by atoms with Crippen LogP contribution in [-0.2, 0) is 14.8 Å². The van der Waals surface area contributed by atoms with Crippen LogP contribution in [0.1, 0.15) is 16.4 Å². The first kappa shape index (κ1) is 19.3. The zero-order valence-corrected chi connectivity index (χ0v) is 16.4. The number of carbonyl (C=O) groups is 1. The molecule has 3 aromatic rings. The van der Waals surface area contributed by atoms with Gasteiger partial charge in [0.1, 0.15) is 11.6 Å². The Kier molecular flexibility index (Phi) is 5.18. The number of pyridine rings is 1. The predicted molar refractivity (Wildman–Crippen MR) is 102 cm³/mol. The number of nitrogens with zero attached hydrogens (tertiary/aromatic N) is 4. The van der Waals surface area contributed by atoms with Crippen molar-refractivity contribution < 1.29 is 22.4 Å². The number of hydrogen-bond donors (Lipinski definition) is 1. The number of sulfonamides is 1. The lowest BCUT2D eigenvalue weighted by Crippen LogP contribution is -2.40. The molecule has 4 rings (SSSR count). The average Bonchev–Trinajstić information content (AvgIpc) is 3.39. The molecule has 1 aliphatic rings. The predicted octanol–water partition coefficient (Wildman–Crippen LogP) is 1.44. The highest BCUT2D eigenvalue weighted by Crippen LogP contribution is 2.21. The summed E-state index contributed by atoms with van der Waals surface area (Å²) in [5.41, 5.74) is 0.450. The van der Waals surface area contributed by atoms with E-state index in [1.165, 1.54) is 22.6 Å². The summed E-state index contributed by atoms with van der Waals surface area (Å²) < 4.78 is 38.7. The normalized spacial score (nSPS) is 15.3. The molecule has 0 aromatic carbocycles. The Balaban J connectivity index is 1.46. The molecule has 0 bridgehead atoms. The lowest BCUT2D eigenvalue weighted by molar-refractivity contribution is 0.0723. The number of carbonyl (C=O) groups excluding carboxylic acids is 1. The number of rotatable bonds is 5. The quantitative estimate of drug-likeness (QED) is 0.667. The standard InChI is InChI=1S/C18H19N5O5S/c1-13-19-6-7-23(13)16-4-2-14(12-20-16)21-18(24)15-3-5-17(28-15)29(25,26)22-8-10-27-11-9-22/h2-7,12H,8-11H2,1H3,(H,21,24). The van der Waals surface area contributed by atoms with Crippen molar-refractivity contribution >= 4 is 21.6 Å². The SMILES string of the molecule is Cc1nccn1-c1ccc(NC(=O)c2ccc(S(=O)(=O)N3CCOCC3)o2)cn1. The summed E-state index contributed by atoms with van der Waals surface area (Å²) in [6, 6.07) is 6.04. The highest BCUT2D eigenvalue weighted by atomic mass is 32.2. The lowest BCUT2D eigenvalue weighted by atomic mass is 10.3. The maximum atomic E-state index is 12.6. The van der Waals surface area contributed by atoms with Gasteiger partial charge in [0.2, 0.25) is 5.09 Å². The molecule has 0 aliphatic carbocycles. The maximum absolute atomic E-state index is 12.6. The average molecular weight is 417 g/mol. The van der Waals surface area contributed by atoms with E-state index in [1.54, 1.807) is 29.1 Å². The fourth-order valence-electron chi connectivity index (χ4n) is 2.91. The number of furan rings is 1. The van der Waals surface area contributed by atoms with Crippen LogP contribution in [0.5, 0.6) is 0 Å². The van der Waals surface area contributed by atoms with E-state index in [2.05, 4.69) is 15.3 Å². The Labute approximate surface area is 167 Å². The van der Waals surface area contributed by atoms with E-state index >= 15 is 0 Å². The summed E-state index contributed by atoms with van der Waals surface area (Å²) in [6.07, 6.45) is 4.96. The van der Waals surface area contributed by atoms with Crippen molar-refractivity contribution in [3.05, 3.63) is 54.4 Å². The first-order chi connectivity index (χ1) is 13.9. The zero-order valence-electron chi connectivity index (χ0n) is 15.6. The summed E-state index contributed by atoms with van der Waals surface area (Å²) in [7, 11) is -3.80. The van der Waals surface area contributed by atoms with E-state index in [1.807, 2.05) is 6.92 Å². The van der Waals surface area contributed by atoms with Crippen molar-refractivity contribution in [1.29, 1.82) is 0 Å². The highest BCUT2D eigenvalue weighted by molar-refractivity contribution is 7.89. The molecule has 29 heavy (non-hydrogen) atoms. The van der Waals surface area contributed by atoms with Gasteiger partial charge in [-0.2, -0.15) is 4.31 Å². The smallest absolute Gasteiger partial charge is 0.291 e. The van der Waals surface area contributed by atoms with Crippen molar-refractivity contribution in [2.75, 3.05) is 31.6 Å². The Morgan fingerprint density at radius 1 is 1.14 bits per heavy atom. The molecule has 1 fully saturated rings. The van der Waals surface area contributed by atoms with Crippen LogP contribution in [0.15, 0.2) is 52.4 Å². The number of nitrogens with one attached hydrogen (secondary N) is 1. The van der Waals surface area contributed by atoms with Gasteiger partial charge in [-0.25, -0.2) is 18.4 Å². The van der Waals surface area contributed by atoms with Crippen LogP contribution >= 0.6 is 0 Å². The highest BCUT2D eigenvalue weighted by Gasteiger charge is 2.30. The van der Waals surface area contributed by atoms with Crippen molar-refractivity contribution in [2.24, 2.45) is 0 Å². The maximum Gasteiger partial charge on any atom is 0.291 e. The Hall–Kier alpha value is -3.02. The van der Waals surface area contributed by atoms with Crippen LogP contribution in [0, 0.1) is 6.92 Å². The van der Waals surface area contributed by atoms with E-state index < -0.39 is 15.9 Å². The molecule has 0 spiro atoms. The minimum absolute atomic E-state index is 0.105. The summed E-state index contributed by atoms with van der Waals surface area (Å²) in [5, 5.41) is 2.37. The largest absolute Gasteiger partial charge is 0.438 e. The molecular weight excluding hydrogens is 398 g/mol. The third kappa shape index (κ3) is 3.92. The number of imidazole rings is 1. The molecule has 1 amide bonds. The van der Waals surface area contributed by atoms with Crippen LogP contribution in [0.4, 0.5) is 5.69 Å². The molecular formula is C18H19N5O5S. The monoisotopic (exact) mass is 417 g/mol. The lowest BCUT2D eigenvalue weighted by Gasteiger charge is -2.24. The van der Waals surface area contributed by atoms with Gasteiger partial charge < -0.3 is 14.5 Å². The molecule has 1 aliphatic heterocycles. The van der Waals surface area contributed by atoms with E-state index in [0.717, 1.165) is 5.82 Å². The number of ether oxygens (including phenoxy) is 1. The van der Waals surface area contributed by atoms with Crippen LogP contribution in [-0.4, -0.2) is 59.5 Å². The molecule has 0 atom stereocenters. The van der Waals surface area contributed by atoms with Gasteiger partial charge >= 0.3 is 0 Å². The van der Waals surface area contributed by atoms with E-state index in [-0.39, 0.29) is 23.9 Å². The van der Waals surface area contributed by atoms with Crippen LogP contribution < -0.4 is 5.32 Å². The van der Waals surface area contributed by atoms with Gasteiger partial charge in [0.05, 0.1) is 25.1 Å². The number of morpholine rings is 1. The second-order valence-electron chi connectivity index (χ2n) is 6.34. The molecule has 0 radical (unpaired) electrons. The number of hydrogen-bond acceptors (Lipinski definition) is 7. The zero-order chi connectivity index (χ0) is 20.4. The number of amides is 1. The number of aromatic nitrogens is 3. The first-order valence-corrected chi connectivity index (χ1v) is 10.3. The fraction of sp³-hybridized carbons (Fsp3) is 0.278. The molecule has 0 unspecified atom stereocenters. The van der Waals surface area contributed by atoms with Gasteiger partial charge in [-0.3, -0.25) is 9.36 Å². The third-order valence-corrected chi connectivity index (χ3v) is 6.22. The fourth-order valence-corrected chi connectivity index (χ4v) is 4.23. The van der Waals surface area contributed by atoms with E-state index in [9.17, 15) is 13.2 Å². The molecule has 11 heteroatoms. The van der Waals surface area contributed by atoms with E-state index in [0.29, 0.717) is 24.7 Å². The van der Waals surface area contributed by atoms with Gasteiger partial charge in [-0.1, -0.05) is 0 Å². The van der Waals surface area contributed by atoms with Crippen LogP contribution in [0.2, 0.25) is 0 Å². The second-order valence-corrected chi connectivity index (χ2v) is 8.21. The topological polar surface area (TPSA) is 120 Å². The van der Waals surface area contributed by atoms with Gasteiger partial charge in [0.15, 0.2) is 5.76 Å².